The number of hydrogen-bond donors (Lipinski definition) is 0. The van der Waals surface area contributed by atoms with E-state index in [2.05, 4.69) is 10.2 Å². The Balaban J connectivity index is 2.38. The average Bonchev–Trinajstić information content (AvgIpc) is 2.41. The smallest absolute Gasteiger partial charge is 0.233 e. The second-order valence-electron chi connectivity index (χ2n) is 3.75. The fourth-order valence-electron chi connectivity index (χ4n) is 1.53. The molecule has 0 radical (unpaired) electrons. The lowest BCUT2D eigenvalue weighted by Gasteiger charge is -2.04. The van der Waals surface area contributed by atoms with Gasteiger partial charge in [0.2, 0.25) is 11.7 Å². The number of aryl methyl sites for hydroxylation is 1. The van der Waals surface area contributed by atoms with Crippen molar-refractivity contribution >= 4 is 5.78 Å². The Morgan fingerprint density at radius 3 is 2.61 bits per heavy atom. The molecular formula is C13H11FN2O2. The molecule has 1 heterocycles. The normalized spacial score (nSPS) is 10.2. The molecule has 0 aliphatic rings. The summed E-state index contributed by atoms with van der Waals surface area (Å²) < 4.78 is 18.0. The summed E-state index contributed by atoms with van der Waals surface area (Å²) in [5.41, 5.74) is 1.14. The summed E-state index contributed by atoms with van der Waals surface area (Å²) in [7, 11) is 1.46. The van der Waals surface area contributed by atoms with Crippen LogP contribution >= 0.6 is 0 Å². The van der Waals surface area contributed by atoms with E-state index in [9.17, 15) is 9.18 Å². The monoisotopic (exact) mass is 246 g/mol. The molecule has 0 atom stereocenters. The van der Waals surface area contributed by atoms with Gasteiger partial charge >= 0.3 is 0 Å². The first-order valence-corrected chi connectivity index (χ1v) is 5.30. The van der Waals surface area contributed by atoms with Gasteiger partial charge in [0.15, 0.2) is 0 Å². The van der Waals surface area contributed by atoms with Gasteiger partial charge in [-0.05, 0) is 30.7 Å². The minimum absolute atomic E-state index is 0.157. The van der Waals surface area contributed by atoms with E-state index in [0.29, 0.717) is 11.4 Å². The van der Waals surface area contributed by atoms with E-state index >= 15 is 0 Å². The molecule has 4 nitrogen and oxygen atoms in total. The molecular weight excluding hydrogens is 235 g/mol. The van der Waals surface area contributed by atoms with E-state index in [4.69, 9.17) is 4.74 Å². The van der Waals surface area contributed by atoms with Crippen molar-refractivity contribution in [2.24, 2.45) is 0 Å². The number of aromatic nitrogens is 2. The van der Waals surface area contributed by atoms with Crippen LogP contribution in [-0.4, -0.2) is 23.1 Å². The van der Waals surface area contributed by atoms with E-state index in [0.717, 1.165) is 0 Å². The number of nitrogens with zero attached hydrogens (tertiary/aromatic N) is 2. The number of rotatable bonds is 3. The van der Waals surface area contributed by atoms with E-state index in [1.165, 1.54) is 31.4 Å². The number of carbonyl (C=O) groups is 1. The third kappa shape index (κ3) is 2.34. The molecule has 0 spiro atoms. The SMILES string of the molecule is COc1ccc(C(=O)c2cc(F)ccc2C)nn1. The van der Waals surface area contributed by atoms with Crippen LogP contribution in [0.15, 0.2) is 30.3 Å². The number of hydrogen-bond acceptors (Lipinski definition) is 4. The van der Waals surface area contributed by atoms with E-state index in [1.807, 2.05) is 0 Å². The molecule has 1 aromatic carbocycles. The lowest BCUT2D eigenvalue weighted by atomic mass is 10.0. The maximum absolute atomic E-state index is 13.1. The Bertz CT molecular complexity index is 582. The molecule has 0 N–H and O–H groups in total. The Morgan fingerprint density at radius 1 is 1.22 bits per heavy atom. The van der Waals surface area contributed by atoms with Gasteiger partial charge in [-0.1, -0.05) is 6.07 Å². The van der Waals surface area contributed by atoms with Crippen molar-refractivity contribution in [3.05, 3.63) is 53.0 Å². The third-order valence-electron chi connectivity index (χ3n) is 2.53. The first-order valence-electron chi connectivity index (χ1n) is 5.30. The van der Waals surface area contributed by atoms with Crippen LogP contribution in [0.3, 0.4) is 0 Å². The van der Waals surface area contributed by atoms with Crippen molar-refractivity contribution in [1.82, 2.24) is 10.2 Å². The number of carbonyl (C=O) groups excluding carboxylic acids is 1. The minimum atomic E-state index is -0.453. The first kappa shape index (κ1) is 12.2. The van der Waals surface area contributed by atoms with Gasteiger partial charge in [-0.25, -0.2) is 4.39 Å². The number of methoxy groups -OCH3 is 1. The molecule has 2 aromatic rings. The van der Waals surface area contributed by atoms with Crippen molar-refractivity contribution in [2.75, 3.05) is 7.11 Å². The topological polar surface area (TPSA) is 52.1 Å². The molecule has 0 saturated carbocycles. The zero-order valence-corrected chi connectivity index (χ0v) is 9.98. The molecule has 0 fully saturated rings. The predicted molar refractivity (Wildman–Crippen MR) is 63.2 cm³/mol. The zero-order valence-electron chi connectivity index (χ0n) is 9.98. The van der Waals surface area contributed by atoms with Crippen LogP contribution in [0.1, 0.15) is 21.6 Å². The summed E-state index contributed by atoms with van der Waals surface area (Å²) in [6, 6.07) is 7.10. The highest BCUT2D eigenvalue weighted by Gasteiger charge is 2.14. The van der Waals surface area contributed by atoms with Gasteiger partial charge in [-0.2, -0.15) is 0 Å². The Kier molecular flexibility index (Phi) is 3.32. The molecule has 2 rings (SSSR count). The molecule has 18 heavy (non-hydrogen) atoms. The van der Waals surface area contributed by atoms with E-state index < -0.39 is 5.82 Å². The molecule has 0 amide bonds. The summed E-state index contributed by atoms with van der Waals surface area (Å²) in [5, 5.41) is 7.46. The Hall–Kier alpha value is -2.30. The van der Waals surface area contributed by atoms with Crippen molar-refractivity contribution in [1.29, 1.82) is 0 Å². The third-order valence-corrected chi connectivity index (χ3v) is 2.53. The Labute approximate surface area is 103 Å². The fraction of sp³-hybridized carbons (Fsp3) is 0.154. The molecule has 0 unspecified atom stereocenters. The predicted octanol–water partition coefficient (Wildman–Crippen LogP) is 2.16. The van der Waals surface area contributed by atoms with E-state index in [-0.39, 0.29) is 17.0 Å². The average molecular weight is 246 g/mol. The van der Waals surface area contributed by atoms with Crippen LogP contribution in [-0.2, 0) is 0 Å². The maximum Gasteiger partial charge on any atom is 0.233 e. The molecule has 0 aliphatic carbocycles. The van der Waals surface area contributed by atoms with Crippen molar-refractivity contribution in [2.45, 2.75) is 6.92 Å². The van der Waals surface area contributed by atoms with Gasteiger partial charge in [0.05, 0.1) is 7.11 Å². The summed E-state index contributed by atoms with van der Waals surface area (Å²) in [5.74, 6) is -0.491. The molecule has 92 valence electrons. The molecule has 0 aliphatic heterocycles. The summed E-state index contributed by atoms with van der Waals surface area (Å²) in [4.78, 5) is 12.1. The second-order valence-corrected chi connectivity index (χ2v) is 3.75. The lowest BCUT2D eigenvalue weighted by Crippen LogP contribution is -2.08. The van der Waals surface area contributed by atoms with Gasteiger partial charge in [0.25, 0.3) is 0 Å². The standard InChI is InChI=1S/C13H11FN2O2/c1-8-3-4-9(14)7-10(8)13(17)11-5-6-12(18-2)16-15-11/h3-7H,1-2H3. The lowest BCUT2D eigenvalue weighted by molar-refractivity contribution is 0.103. The molecule has 1 aromatic heterocycles. The summed E-state index contributed by atoms with van der Waals surface area (Å²) in [6.45, 7) is 1.74. The van der Waals surface area contributed by atoms with Gasteiger partial charge in [0.1, 0.15) is 11.5 Å². The van der Waals surface area contributed by atoms with Crippen molar-refractivity contribution in [3.63, 3.8) is 0 Å². The maximum atomic E-state index is 13.1. The van der Waals surface area contributed by atoms with Crippen molar-refractivity contribution in [3.8, 4) is 5.88 Å². The largest absolute Gasteiger partial charge is 0.480 e. The molecule has 5 heteroatoms. The van der Waals surface area contributed by atoms with Crippen LogP contribution in [0.25, 0.3) is 0 Å². The van der Waals surface area contributed by atoms with E-state index in [1.54, 1.807) is 13.0 Å². The second kappa shape index (κ2) is 4.91. The van der Waals surface area contributed by atoms with Crippen LogP contribution in [0.4, 0.5) is 4.39 Å². The van der Waals surface area contributed by atoms with Gasteiger partial charge < -0.3 is 4.74 Å². The highest BCUT2D eigenvalue weighted by molar-refractivity contribution is 6.08. The first-order chi connectivity index (χ1) is 8.61. The number of benzene rings is 1. The summed E-state index contributed by atoms with van der Waals surface area (Å²) in [6.07, 6.45) is 0. The number of halogens is 1. The van der Waals surface area contributed by atoms with Gasteiger partial charge in [0, 0.05) is 11.6 Å². The van der Waals surface area contributed by atoms with Crippen molar-refractivity contribution < 1.29 is 13.9 Å². The molecule has 0 bridgehead atoms. The fourth-order valence-corrected chi connectivity index (χ4v) is 1.53. The highest BCUT2D eigenvalue weighted by Crippen LogP contribution is 2.15. The van der Waals surface area contributed by atoms with Gasteiger partial charge in [-0.15, -0.1) is 10.2 Å². The Morgan fingerprint density at radius 2 is 2.00 bits per heavy atom. The van der Waals surface area contributed by atoms with Crippen LogP contribution in [0.2, 0.25) is 0 Å². The van der Waals surface area contributed by atoms with Crippen LogP contribution < -0.4 is 4.74 Å². The summed E-state index contributed by atoms with van der Waals surface area (Å²) >= 11 is 0. The van der Waals surface area contributed by atoms with Gasteiger partial charge in [-0.3, -0.25) is 4.79 Å². The highest BCUT2D eigenvalue weighted by atomic mass is 19.1. The number of ketones is 1. The minimum Gasteiger partial charge on any atom is -0.480 e. The quantitative estimate of drug-likeness (QED) is 0.779. The zero-order chi connectivity index (χ0) is 13.1. The van der Waals surface area contributed by atoms with Crippen LogP contribution in [0, 0.1) is 12.7 Å². The van der Waals surface area contributed by atoms with Crippen LogP contribution in [0.5, 0.6) is 5.88 Å². The number of ether oxygens (including phenoxy) is 1. The molecule has 0 saturated heterocycles.